The highest BCUT2D eigenvalue weighted by molar-refractivity contribution is 6.21. The van der Waals surface area contributed by atoms with E-state index in [2.05, 4.69) is 29.0 Å². The van der Waals surface area contributed by atoms with Crippen molar-refractivity contribution in [2.45, 2.75) is 62.8 Å². The monoisotopic (exact) mass is 365 g/mol. The molecule has 140 valence electrons. The minimum atomic E-state index is -0.642. The van der Waals surface area contributed by atoms with Crippen molar-refractivity contribution < 1.29 is 5.11 Å². The number of piperidine rings is 1. The standard InChI is InChI=1S/C20H32ClN3O/c1-16-19(21)24(17(2)22-16)13-7-6-12-23-14-10-20(25,11-15-23)18-8-4-3-5-9-18/h3-5,8-9,16-17,19,22,25H,6-7,10-15H2,1-2H3. The summed E-state index contributed by atoms with van der Waals surface area (Å²) in [6.45, 7) is 8.45. The second-order valence-corrected chi connectivity index (χ2v) is 8.14. The number of unbranched alkanes of at least 4 members (excludes halogenated alkanes) is 1. The molecule has 1 aromatic rings. The number of halogens is 1. The average Bonchev–Trinajstić information content (AvgIpc) is 2.87. The van der Waals surface area contributed by atoms with Crippen molar-refractivity contribution in [1.29, 1.82) is 0 Å². The van der Waals surface area contributed by atoms with Gasteiger partial charge in [-0.05, 0) is 51.6 Å². The van der Waals surface area contributed by atoms with Gasteiger partial charge in [-0.2, -0.15) is 0 Å². The van der Waals surface area contributed by atoms with Gasteiger partial charge in [0.2, 0.25) is 0 Å². The van der Waals surface area contributed by atoms with Crippen LogP contribution in [0.15, 0.2) is 30.3 Å². The normalized spacial score (nSPS) is 30.6. The Bertz CT molecular complexity index is 533. The van der Waals surface area contributed by atoms with E-state index in [0.29, 0.717) is 12.2 Å². The summed E-state index contributed by atoms with van der Waals surface area (Å²) in [6, 6.07) is 10.5. The summed E-state index contributed by atoms with van der Waals surface area (Å²) in [5.74, 6) is 0. The molecule has 2 N–H and O–H groups in total. The molecule has 2 aliphatic heterocycles. The van der Waals surface area contributed by atoms with Crippen molar-refractivity contribution in [1.82, 2.24) is 15.1 Å². The number of nitrogens with one attached hydrogen (secondary N) is 1. The lowest BCUT2D eigenvalue weighted by molar-refractivity contribution is -0.0262. The summed E-state index contributed by atoms with van der Waals surface area (Å²) in [7, 11) is 0. The molecule has 0 aromatic heterocycles. The summed E-state index contributed by atoms with van der Waals surface area (Å²) >= 11 is 6.47. The molecule has 1 aromatic carbocycles. The van der Waals surface area contributed by atoms with E-state index in [4.69, 9.17) is 11.6 Å². The van der Waals surface area contributed by atoms with Crippen LogP contribution in [0.2, 0.25) is 0 Å². The van der Waals surface area contributed by atoms with Gasteiger partial charge in [0.15, 0.2) is 0 Å². The summed E-state index contributed by atoms with van der Waals surface area (Å²) in [5.41, 5.74) is 0.523. The number of nitrogens with zero attached hydrogens (tertiary/aromatic N) is 2. The second kappa shape index (κ2) is 8.36. The lowest BCUT2D eigenvalue weighted by atomic mass is 9.84. The van der Waals surface area contributed by atoms with E-state index in [-0.39, 0.29) is 5.50 Å². The van der Waals surface area contributed by atoms with Crippen LogP contribution in [0.3, 0.4) is 0 Å². The molecule has 3 atom stereocenters. The minimum absolute atomic E-state index is 0.103. The first-order valence-electron chi connectivity index (χ1n) is 9.66. The molecule has 3 rings (SSSR count). The van der Waals surface area contributed by atoms with E-state index in [1.807, 2.05) is 30.3 Å². The maximum Gasteiger partial charge on any atom is 0.101 e. The van der Waals surface area contributed by atoms with Crippen molar-refractivity contribution in [3.05, 3.63) is 35.9 Å². The van der Waals surface area contributed by atoms with Crippen LogP contribution < -0.4 is 5.32 Å². The van der Waals surface area contributed by atoms with Crippen LogP contribution in [0.25, 0.3) is 0 Å². The third-order valence-corrected chi connectivity index (χ3v) is 6.49. The molecule has 0 amide bonds. The van der Waals surface area contributed by atoms with Crippen molar-refractivity contribution in [2.24, 2.45) is 0 Å². The topological polar surface area (TPSA) is 38.7 Å². The highest BCUT2D eigenvalue weighted by Gasteiger charge is 2.35. The minimum Gasteiger partial charge on any atom is -0.385 e. The first-order valence-corrected chi connectivity index (χ1v) is 10.1. The molecule has 5 heteroatoms. The maximum atomic E-state index is 10.9. The zero-order valence-corrected chi connectivity index (χ0v) is 16.3. The van der Waals surface area contributed by atoms with Gasteiger partial charge in [0, 0.05) is 25.7 Å². The van der Waals surface area contributed by atoms with E-state index in [9.17, 15) is 5.11 Å². The van der Waals surface area contributed by atoms with E-state index in [0.717, 1.165) is 44.6 Å². The number of aliphatic hydroxyl groups is 1. The predicted octanol–water partition coefficient (Wildman–Crippen LogP) is 2.95. The Kier molecular flexibility index (Phi) is 6.39. The molecular weight excluding hydrogens is 334 g/mol. The number of alkyl halides is 1. The first-order chi connectivity index (χ1) is 12.0. The van der Waals surface area contributed by atoms with Crippen LogP contribution >= 0.6 is 11.6 Å². The molecule has 3 unspecified atom stereocenters. The number of rotatable bonds is 6. The lowest BCUT2D eigenvalue weighted by Gasteiger charge is -2.38. The van der Waals surface area contributed by atoms with Crippen molar-refractivity contribution in [3.8, 4) is 0 Å². The first kappa shape index (κ1) is 19.1. The van der Waals surface area contributed by atoms with Crippen LogP contribution in [0.5, 0.6) is 0 Å². The van der Waals surface area contributed by atoms with Gasteiger partial charge in [-0.25, -0.2) is 0 Å². The molecule has 2 saturated heterocycles. The molecular formula is C20H32ClN3O. The zero-order chi connectivity index (χ0) is 17.9. The van der Waals surface area contributed by atoms with Gasteiger partial charge >= 0.3 is 0 Å². The Morgan fingerprint density at radius 3 is 2.36 bits per heavy atom. The number of benzene rings is 1. The summed E-state index contributed by atoms with van der Waals surface area (Å²) < 4.78 is 0. The predicted molar refractivity (Wildman–Crippen MR) is 104 cm³/mol. The molecule has 0 spiro atoms. The number of likely N-dealkylation sites (tertiary alicyclic amines) is 1. The second-order valence-electron chi connectivity index (χ2n) is 7.69. The lowest BCUT2D eigenvalue weighted by Crippen LogP contribution is -2.43. The van der Waals surface area contributed by atoms with Gasteiger partial charge in [0.25, 0.3) is 0 Å². The van der Waals surface area contributed by atoms with Gasteiger partial charge in [-0.15, -0.1) is 11.6 Å². The zero-order valence-electron chi connectivity index (χ0n) is 15.5. The number of hydrogen-bond acceptors (Lipinski definition) is 4. The molecule has 0 aliphatic carbocycles. The summed E-state index contributed by atoms with van der Waals surface area (Å²) in [4.78, 5) is 4.85. The molecule has 0 radical (unpaired) electrons. The van der Waals surface area contributed by atoms with Crippen LogP contribution in [0.4, 0.5) is 0 Å². The Hall–Kier alpha value is -0.650. The van der Waals surface area contributed by atoms with Crippen molar-refractivity contribution in [3.63, 3.8) is 0 Å². The Labute approximate surface area is 157 Å². The van der Waals surface area contributed by atoms with Gasteiger partial charge in [-0.1, -0.05) is 30.3 Å². The smallest absolute Gasteiger partial charge is 0.101 e. The van der Waals surface area contributed by atoms with Gasteiger partial charge in [0.05, 0.1) is 11.8 Å². The summed E-state index contributed by atoms with van der Waals surface area (Å²) in [6.07, 6.45) is 4.37. The van der Waals surface area contributed by atoms with E-state index < -0.39 is 5.60 Å². The molecule has 2 fully saturated rings. The van der Waals surface area contributed by atoms with Gasteiger partial charge in [0.1, 0.15) is 5.50 Å². The van der Waals surface area contributed by atoms with E-state index >= 15 is 0 Å². The third kappa shape index (κ3) is 4.55. The van der Waals surface area contributed by atoms with Crippen LogP contribution in [0.1, 0.15) is 45.1 Å². The Balaban J connectivity index is 1.37. The highest BCUT2D eigenvalue weighted by atomic mass is 35.5. The van der Waals surface area contributed by atoms with E-state index in [1.165, 1.54) is 12.8 Å². The molecule has 0 saturated carbocycles. The molecule has 2 aliphatic rings. The molecule has 4 nitrogen and oxygen atoms in total. The average molecular weight is 366 g/mol. The van der Waals surface area contributed by atoms with Crippen LogP contribution in [-0.2, 0) is 5.60 Å². The number of hydrogen-bond donors (Lipinski definition) is 2. The quantitative estimate of drug-likeness (QED) is 0.462. The fourth-order valence-electron chi connectivity index (χ4n) is 4.19. The molecule has 0 bridgehead atoms. The maximum absolute atomic E-state index is 10.9. The Morgan fingerprint density at radius 1 is 1.12 bits per heavy atom. The summed E-state index contributed by atoms with van der Waals surface area (Å²) in [5, 5.41) is 14.4. The molecule has 25 heavy (non-hydrogen) atoms. The van der Waals surface area contributed by atoms with E-state index in [1.54, 1.807) is 0 Å². The Morgan fingerprint density at radius 2 is 1.76 bits per heavy atom. The van der Waals surface area contributed by atoms with Crippen molar-refractivity contribution in [2.75, 3.05) is 26.2 Å². The van der Waals surface area contributed by atoms with Gasteiger partial charge in [-0.3, -0.25) is 10.2 Å². The highest BCUT2D eigenvalue weighted by Crippen LogP contribution is 2.32. The fourth-order valence-corrected chi connectivity index (χ4v) is 4.53. The largest absolute Gasteiger partial charge is 0.385 e. The third-order valence-electron chi connectivity index (χ3n) is 5.87. The van der Waals surface area contributed by atoms with Crippen LogP contribution in [-0.4, -0.2) is 58.8 Å². The molecule has 2 heterocycles. The van der Waals surface area contributed by atoms with Crippen molar-refractivity contribution >= 4 is 11.6 Å². The van der Waals surface area contributed by atoms with Crippen LogP contribution in [0, 0.1) is 0 Å². The SMILES string of the molecule is CC1NC(C)N(CCCCN2CCC(O)(c3ccccc3)CC2)C1Cl. The van der Waals surface area contributed by atoms with Gasteiger partial charge < -0.3 is 10.0 Å². The fraction of sp³-hybridized carbons (Fsp3) is 0.700.